The van der Waals surface area contributed by atoms with E-state index in [1.807, 2.05) is 128 Å². The second-order valence-corrected chi connectivity index (χ2v) is 16.1. The summed E-state index contributed by atoms with van der Waals surface area (Å²) >= 11 is 1.61. The first-order chi connectivity index (χ1) is 27.5. The summed E-state index contributed by atoms with van der Waals surface area (Å²) < 4.78 is 45.0. The molecule has 9 heteroatoms. The number of aromatic nitrogens is 3. The molecule has 0 aliphatic carbocycles. The topological polar surface area (TPSA) is 75.4 Å². The lowest BCUT2D eigenvalue weighted by atomic mass is 10.1. The van der Waals surface area contributed by atoms with Crippen LogP contribution in [0.2, 0.25) is 0 Å². The van der Waals surface area contributed by atoms with E-state index in [1.165, 1.54) is 3.97 Å². The van der Waals surface area contributed by atoms with Crippen molar-refractivity contribution >= 4 is 43.8 Å². The predicted octanol–water partition coefficient (Wildman–Crippen LogP) is 11.3. The highest BCUT2D eigenvalue weighted by molar-refractivity contribution is 7.98. The number of hydrogen-bond donors (Lipinski definition) is 0. The van der Waals surface area contributed by atoms with Crippen LogP contribution in [0.3, 0.4) is 0 Å². The normalized spacial score (nSPS) is 11.6. The third kappa shape index (κ3) is 7.18. The summed E-state index contributed by atoms with van der Waals surface area (Å²) in [6.07, 6.45) is 3.54. The average molecular weight is 770 g/mol. The number of nitrogens with zero attached hydrogens (tertiary/aromatic N) is 3. The van der Waals surface area contributed by atoms with E-state index < -0.39 is 10.0 Å². The van der Waals surface area contributed by atoms with Gasteiger partial charge in [0, 0.05) is 39.2 Å². The van der Waals surface area contributed by atoms with E-state index in [0.29, 0.717) is 35.7 Å². The molecule has 6 aromatic carbocycles. The maximum absolute atomic E-state index is 14.5. The summed E-state index contributed by atoms with van der Waals surface area (Å²) in [6, 6.07) is 56.5. The van der Waals surface area contributed by atoms with Gasteiger partial charge in [-0.25, -0.2) is 12.4 Å². The average Bonchev–Trinajstić information content (AvgIpc) is 3.82. The Bertz CT molecular complexity index is 2900. The summed E-state index contributed by atoms with van der Waals surface area (Å²) in [5.41, 5.74) is 6.57. The predicted molar refractivity (Wildman–Crippen MR) is 224 cm³/mol. The maximum atomic E-state index is 14.5. The van der Waals surface area contributed by atoms with Crippen LogP contribution in [0, 0.1) is 0 Å². The van der Waals surface area contributed by atoms with E-state index in [9.17, 15) is 8.42 Å². The third-order valence-electron chi connectivity index (χ3n) is 9.51. The monoisotopic (exact) mass is 769 g/mol. The van der Waals surface area contributed by atoms with Gasteiger partial charge in [-0.2, -0.15) is 0 Å². The quantitative estimate of drug-likeness (QED) is 0.123. The number of pyridine rings is 1. The molecule has 0 saturated heterocycles. The van der Waals surface area contributed by atoms with Crippen LogP contribution in [-0.2, 0) is 23.2 Å². The van der Waals surface area contributed by atoms with Gasteiger partial charge in [-0.3, -0.25) is 8.96 Å². The van der Waals surface area contributed by atoms with Crippen molar-refractivity contribution < 1.29 is 17.9 Å². The van der Waals surface area contributed by atoms with Crippen LogP contribution in [0.15, 0.2) is 198 Å². The molecule has 0 radical (unpaired) electrons. The Morgan fingerprint density at radius 1 is 0.518 bits per heavy atom. The fraction of sp³-hybridized carbons (Fsp3) is 0.0426. The molecule has 7 nitrogen and oxygen atoms in total. The highest BCUT2D eigenvalue weighted by Gasteiger charge is 2.25. The van der Waals surface area contributed by atoms with Crippen molar-refractivity contribution in [2.75, 3.05) is 0 Å². The fourth-order valence-corrected chi connectivity index (χ4v) is 9.33. The SMILES string of the molecule is O=S(=O)(c1ccccc1)n1c(-c2cncc(-c3cc4cc(OCc5ccccc5)ccc4n3Sc3ccccc3)c2)cc2cc(OCc3ccccc3)ccc21. The summed E-state index contributed by atoms with van der Waals surface area (Å²) in [6.45, 7) is 0.856. The molecule has 9 aromatic rings. The number of hydrogen-bond acceptors (Lipinski definition) is 6. The lowest BCUT2D eigenvalue weighted by Crippen LogP contribution is -2.14. The van der Waals surface area contributed by atoms with Crippen molar-refractivity contribution in [3.8, 4) is 34.0 Å². The van der Waals surface area contributed by atoms with Crippen LogP contribution in [0.5, 0.6) is 11.5 Å². The van der Waals surface area contributed by atoms with Gasteiger partial charge in [0.05, 0.1) is 27.3 Å². The van der Waals surface area contributed by atoms with Crippen molar-refractivity contribution in [1.29, 1.82) is 0 Å². The van der Waals surface area contributed by atoms with Gasteiger partial charge in [0.1, 0.15) is 24.7 Å². The van der Waals surface area contributed by atoms with Crippen molar-refractivity contribution in [3.63, 3.8) is 0 Å². The van der Waals surface area contributed by atoms with E-state index >= 15 is 0 Å². The minimum atomic E-state index is -4.02. The van der Waals surface area contributed by atoms with Crippen molar-refractivity contribution in [2.45, 2.75) is 23.0 Å². The summed E-state index contributed by atoms with van der Waals surface area (Å²) in [4.78, 5) is 5.96. The molecule has 0 fully saturated rings. The number of ether oxygens (including phenoxy) is 2. The maximum Gasteiger partial charge on any atom is 0.268 e. The van der Waals surface area contributed by atoms with Gasteiger partial charge >= 0.3 is 0 Å². The minimum Gasteiger partial charge on any atom is -0.489 e. The molecule has 0 amide bonds. The van der Waals surface area contributed by atoms with Crippen LogP contribution in [0.4, 0.5) is 0 Å². The van der Waals surface area contributed by atoms with E-state index in [2.05, 4.69) is 34.3 Å². The minimum absolute atomic E-state index is 0.192. The van der Waals surface area contributed by atoms with Gasteiger partial charge in [-0.15, -0.1) is 0 Å². The molecule has 3 heterocycles. The number of benzene rings is 6. The highest BCUT2D eigenvalue weighted by atomic mass is 32.2. The second kappa shape index (κ2) is 15.3. The Hall–Kier alpha value is -6.55. The van der Waals surface area contributed by atoms with E-state index in [0.717, 1.165) is 49.3 Å². The van der Waals surface area contributed by atoms with Crippen LogP contribution < -0.4 is 9.47 Å². The Morgan fingerprint density at radius 2 is 1.02 bits per heavy atom. The smallest absolute Gasteiger partial charge is 0.268 e. The Kier molecular flexibility index (Phi) is 9.61. The van der Waals surface area contributed by atoms with Crippen LogP contribution in [0.25, 0.3) is 44.3 Å². The Labute approximate surface area is 329 Å². The molecule has 56 heavy (non-hydrogen) atoms. The first-order valence-electron chi connectivity index (χ1n) is 18.1. The van der Waals surface area contributed by atoms with Gasteiger partial charge in [-0.05, 0) is 102 Å². The van der Waals surface area contributed by atoms with Gasteiger partial charge in [-0.1, -0.05) is 97.1 Å². The lowest BCUT2D eigenvalue weighted by molar-refractivity contribution is 0.306. The number of rotatable bonds is 12. The highest BCUT2D eigenvalue weighted by Crippen LogP contribution is 2.39. The largest absolute Gasteiger partial charge is 0.489 e. The Balaban J connectivity index is 1.15. The van der Waals surface area contributed by atoms with Gasteiger partial charge in [0.2, 0.25) is 0 Å². The molecule has 0 aliphatic rings. The van der Waals surface area contributed by atoms with E-state index in [1.54, 1.807) is 42.4 Å². The molecule has 0 atom stereocenters. The van der Waals surface area contributed by atoms with E-state index in [4.69, 9.17) is 14.5 Å². The fourth-order valence-electron chi connectivity index (χ4n) is 6.76. The van der Waals surface area contributed by atoms with Crippen molar-refractivity contribution in [2.24, 2.45) is 0 Å². The van der Waals surface area contributed by atoms with Crippen molar-refractivity contribution in [3.05, 3.63) is 199 Å². The molecular formula is C47H35N3O4S2. The molecule has 0 aliphatic heterocycles. The molecule has 9 rings (SSSR count). The molecule has 3 aromatic heterocycles. The van der Waals surface area contributed by atoms with E-state index in [-0.39, 0.29) is 4.90 Å². The standard InChI is InChI=1S/C47H35N3O4S2/c51-56(52,43-19-11-4-12-20-43)50-45-24-22-41(54-33-35-15-7-2-8-16-35)27-37(45)29-47(50)39-25-38(30-48-31-39)46-28-36-26-40(53-32-34-13-5-1-6-14-34)21-23-44(36)49(46)55-42-17-9-3-10-18-42/h1-31H,32-33H2. The Morgan fingerprint density at radius 3 is 1.62 bits per heavy atom. The molecule has 0 N–H and O–H groups in total. The lowest BCUT2D eigenvalue weighted by Gasteiger charge is -2.14. The van der Waals surface area contributed by atoms with Gasteiger partial charge in [0.25, 0.3) is 10.0 Å². The number of fused-ring (bicyclic) bond motifs is 2. The van der Waals surface area contributed by atoms with Gasteiger partial charge < -0.3 is 9.47 Å². The van der Waals surface area contributed by atoms with Crippen molar-refractivity contribution in [1.82, 2.24) is 12.9 Å². The van der Waals surface area contributed by atoms with Gasteiger partial charge in [0.15, 0.2) is 0 Å². The molecule has 0 saturated carbocycles. The zero-order chi connectivity index (χ0) is 37.9. The second-order valence-electron chi connectivity index (χ2n) is 13.3. The molecule has 0 spiro atoms. The molecule has 0 bridgehead atoms. The summed E-state index contributed by atoms with van der Waals surface area (Å²) in [7, 11) is -4.02. The first-order valence-corrected chi connectivity index (χ1v) is 20.4. The molecule has 274 valence electrons. The van der Waals surface area contributed by atoms with Crippen LogP contribution in [-0.4, -0.2) is 21.3 Å². The zero-order valence-corrected chi connectivity index (χ0v) is 31.7. The molecule has 0 unspecified atom stereocenters. The summed E-state index contributed by atoms with van der Waals surface area (Å²) in [5, 5.41) is 1.73. The van der Waals surface area contributed by atoms with Crippen LogP contribution in [0.1, 0.15) is 11.1 Å². The zero-order valence-electron chi connectivity index (χ0n) is 30.1. The summed E-state index contributed by atoms with van der Waals surface area (Å²) in [5.74, 6) is 1.41. The molecular weight excluding hydrogens is 735 g/mol. The first kappa shape index (κ1) is 35.2. The van der Waals surface area contributed by atoms with Crippen LogP contribution >= 0.6 is 11.9 Å². The third-order valence-corrected chi connectivity index (χ3v) is 12.3.